The van der Waals surface area contributed by atoms with Crippen molar-refractivity contribution in [2.75, 3.05) is 23.3 Å². The lowest BCUT2D eigenvalue weighted by atomic mass is 10.1. The number of hydrogen-bond acceptors (Lipinski definition) is 8. The van der Waals surface area contributed by atoms with Gasteiger partial charge >= 0.3 is 0 Å². The van der Waals surface area contributed by atoms with Crippen molar-refractivity contribution >= 4 is 28.8 Å². The Morgan fingerprint density at radius 3 is 2.16 bits per heavy atom. The highest BCUT2D eigenvalue weighted by Gasteiger charge is 2.06. The quantitative estimate of drug-likeness (QED) is 0.324. The van der Waals surface area contributed by atoms with Crippen molar-refractivity contribution in [1.29, 1.82) is 0 Å². The number of aliphatic hydroxyl groups excluding tert-OH is 1. The van der Waals surface area contributed by atoms with E-state index in [1.807, 2.05) is 78.9 Å². The van der Waals surface area contributed by atoms with Gasteiger partial charge in [0.2, 0.25) is 0 Å². The summed E-state index contributed by atoms with van der Waals surface area (Å²) >= 11 is 0. The van der Waals surface area contributed by atoms with Crippen LogP contribution in [0.3, 0.4) is 0 Å². The minimum Gasteiger partial charge on any atom is -0.387 e. The van der Waals surface area contributed by atoms with Crippen LogP contribution in [0.4, 0.5) is 28.8 Å². The number of hydrogen-bond donors (Lipinski definition) is 4. The molecule has 4 rings (SSSR count). The third-order valence-corrected chi connectivity index (χ3v) is 4.28. The maximum Gasteiger partial charge on any atom is 0.153 e. The zero-order valence-corrected chi connectivity index (χ0v) is 17.4. The Labute approximate surface area is 186 Å². The lowest BCUT2D eigenvalue weighted by Gasteiger charge is -2.12. The van der Waals surface area contributed by atoms with E-state index in [9.17, 15) is 5.11 Å². The van der Waals surface area contributed by atoms with E-state index < -0.39 is 6.10 Å². The number of anilines is 3. The molecule has 2 aromatic heterocycles. The van der Waals surface area contributed by atoms with Crippen LogP contribution in [0.1, 0.15) is 11.7 Å². The van der Waals surface area contributed by atoms with Crippen LogP contribution in [0.2, 0.25) is 0 Å². The average molecular weight is 428 g/mol. The highest BCUT2D eigenvalue weighted by molar-refractivity contribution is 5.60. The van der Waals surface area contributed by atoms with E-state index >= 15 is 0 Å². The van der Waals surface area contributed by atoms with Crippen molar-refractivity contribution in [3.05, 3.63) is 103 Å². The van der Waals surface area contributed by atoms with Crippen LogP contribution in [0.15, 0.2) is 107 Å². The van der Waals surface area contributed by atoms with Crippen molar-refractivity contribution < 1.29 is 5.11 Å². The van der Waals surface area contributed by atoms with E-state index in [4.69, 9.17) is 11.5 Å². The lowest BCUT2D eigenvalue weighted by Crippen LogP contribution is -2.12. The molecule has 0 amide bonds. The molecule has 0 saturated carbocycles. The normalized spacial score (nSPS) is 11.4. The zero-order valence-electron chi connectivity index (χ0n) is 17.4. The molecule has 32 heavy (non-hydrogen) atoms. The Bertz CT molecular complexity index is 1110. The molecule has 1 atom stereocenters. The van der Waals surface area contributed by atoms with Gasteiger partial charge in [-0.05, 0) is 42.0 Å². The lowest BCUT2D eigenvalue weighted by molar-refractivity contribution is 0.191. The van der Waals surface area contributed by atoms with Gasteiger partial charge in [-0.2, -0.15) is 5.11 Å². The van der Waals surface area contributed by atoms with Crippen LogP contribution in [0.5, 0.6) is 0 Å². The van der Waals surface area contributed by atoms with Crippen molar-refractivity contribution in [2.24, 2.45) is 10.2 Å². The van der Waals surface area contributed by atoms with E-state index in [2.05, 4.69) is 25.5 Å². The van der Waals surface area contributed by atoms with Crippen LogP contribution in [-0.4, -0.2) is 21.6 Å². The molecular weight excluding hydrogens is 402 g/mol. The first-order valence-electron chi connectivity index (χ1n) is 9.98. The SMILES string of the molecule is Nc1ccc(N=Nc2ccccc2)c(N)n1.OC(CNc1ccccn1)c1ccccc1. The van der Waals surface area contributed by atoms with Crippen LogP contribution in [-0.2, 0) is 0 Å². The van der Waals surface area contributed by atoms with Gasteiger partial charge in [0, 0.05) is 12.7 Å². The molecule has 6 N–H and O–H groups in total. The van der Waals surface area contributed by atoms with E-state index in [1.165, 1.54) is 0 Å². The third-order valence-electron chi connectivity index (χ3n) is 4.28. The second-order valence-electron chi connectivity index (χ2n) is 6.70. The number of nitrogens with one attached hydrogen (secondary N) is 1. The first-order chi connectivity index (χ1) is 15.6. The summed E-state index contributed by atoms with van der Waals surface area (Å²) in [5.74, 6) is 1.42. The summed E-state index contributed by atoms with van der Waals surface area (Å²) in [6.45, 7) is 0.459. The summed E-state index contributed by atoms with van der Waals surface area (Å²) in [7, 11) is 0. The molecule has 0 spiro atoms. The number of azo groups is 1. The summed E-state index contributed by atoms with van der Waals surface area (Å²) < 4.78 is 0. The molecule has 0 saturated heterocycles. The van der Waals surface area contributed by atoms with Gasteiger partial charge in [0.25, 0.3) is 0 Å². The first kappa shape index (κ1) is 22.4. The third kappa shape index (κ3) is 7.19. The minimum absolute atomic E-state index is 0.277. The summed E-state index contributed by atoms with van der Waals surface area (Å²) in [5.41, 5.74) is 13.3. The molecule has 8 nitrogen and oxygen atoms in total. The molecule has 162 valence electrons. The summed E-state index contributed by atoms with van der Waals surface area (Å²) in [5, 5.41) is 21.0. The minimum atomic E-state index is -0.511. The Morgan fingerprint density at radius 1 is 0.812 bits per heavy atom. The van der Waals surface area contributed by atoms with Gasteiger partial charge in [-0.25, -0.2) is 9.97 Å². The number of rotatable bonds is 6. The summed E-state index contributed by atoms with van der Waals surface area (Å²) in [4.78, 5) is 8.01. The molecule has 0 aliphatic heterocycles. The molecule has 0 fully saturated rings. The van der Waals surface area contributed by atoms with Gasteiger partial charge in [0.05, 0.1) is 11.8 Å². The molecule has 2 heterocycles. The Kier molecular flexibility index (Phi) is 8.24. The Balaban J connectivity index is 0.000000181. The van der Waals surface area contributed by atoms with Gasteiger partial charge in [-0.3, -0.25) is 0 Å². The molecule has 4 aromatic rings. The van der Waals surface area contributed by atoms with Crippen molar-refractivity contribution in [3.8, 4) is 0 Å². The highest BCUT2D eigenvalue weighted by Crippen LogP contribution is 2.23. The number of nitrogen functional groups attached to an aromatic ring is 2. The molecule has 0 aliphatic rings. The summed E-state index contributed by atoms with van der Waals surface area (Å²) in [6, 6.07) is 27.9. The second-order valence-corrected chi connectivity index (χ2v) is 6.70. The maximum absolute atomic E-state index is 9.89. The molecule has 0 radical (unpaired) electrons. The van der Waals surface area contributed by atoms with Crippen molar-refractivity contribution in [2.45, 2.75) is 6.10 Å². The van der Waals surface area contributed by atoms with E-state index in [-0.39, 0.29) is 5.82 Å². The predicted octanol–water partition coefficient (Wildman–Crippen LogP) is 4.89. The molecule has 0 aliphatic carbocycles. The fourth-order valence-corrected chi connectivity index (χ4v) is 2.64. The molecule has 8 heteroatoms. The Morgan fingerprint density at radius 2 is 1.50 bits per heavy atom. The fraction of sp³-hybridized carbons (Fsp3) is 0.0833. The fourth-order valence-electron chi connectivity index (χ4n) is 2.64. The predicted molar refractivity (Wildman–Crippen MR) is 128 cm³/mol. The van der Waals surface area contributed by atoms with Crippen LogP contribution >= 0.6 is 0 Å². The molecule has 1 unspecified atom stereocenters. The standard InChI is InChI=1S/C13H14N2O.C11H11N5/c16-12(11-6-2-1-3-7-11)10-15-13-8-4-5-9-14-13;12-10-7-6-9(11(13)14-10)16-15-8-4-2-1-3-5-8/h1-9,12,16H,10H2,(H,14,15);1-7H,(H4,12,13,14). The monoisotopic (exact) mass is 427 g/mol. The number of aromatic nitrogens is 2. The Hall–Kier alpha value is -4.30. The number of nitrogens with two attached hydrogens (primary N) is 2. The number of aliphatic hydroxyl groups is 1. The molecular formula is C24H25N7O. The van der Waals surface area contributed by atoms with Crippen molar-refractivity contribution in [1.82, 2.24) is 9.97 Å². The maximum atomic E-state index is 9.89. The van der Waals surface area contributed by atoms with Gasteiger partial charge in [0.1, 0.15) is 17.3 Å². The zero-order chi connectivity index (χ0) is 22.6. The van der Waals surface area contributed by atoms with Gasteiger partial charge in [0.15, 0.2) is 5.82 Å². The first-order valence-corrected chi connectivity index (χ1v) is 9.98. The molecule has 0 bridgehead atoms. The van der Waals surface area contributed by atoms with E-state index in [1.54, 1.807) is 18.3 Å². The summed E-state index contributed by atoms with van der Waals surface area (Å²) in [6.07, 6.45) is 1.21. The number of benzene rings is 2. The van der Waals surface area contributed by atoms with Crippen molar-refractivity contribution in [3.63, 3.8) is 0 Å². The van der Waals surface area contributed by atoms with E-state index in [0.717, 1.165) is 17.1 Å². The van der Waals surface area contributed by atoms with Gasteiger partial charge < -0.3 is 21.9 Å². The molecule has 2 aromatic carbocycles. The average Bonchev–Trinajstić information content (AvgIpc) is 2.84. The smallest absolute Gasteiger partial charge is 0.153 e. The van der Waals surface area contributed by atoms with Gasteiger partial charge in [-0.1, -0.05) is 54.6 Å². The number of pyridine rings is 2. The van der Waals surface area contributed by atoms with Gasteiger partial charge in [-0.15, -0.1) is 5.11 Å². The van der Waals surface area contributed by atoms with E-state index in [0.29, 0.717) is 18.1 Å². The van der Waals surface area contributed by atoms with Crippen LogP contribution in [0.25, 0.3) is 0 Å². The topological polar surface area (TPSA) is 135 Å². The highest BCUT2D eigenvalue weighted by atomic mass is 16.3. The largest absolute Gasteiger partial charge is 0.387 e. The van der Waals surface area contributed by atoms with Crippen LogP contribution < -0.4 is 16.8 Å². The number of nitrogens with zero attached hydrogens (tertiary/aromatic N) is 4. The second kappa shape index (κ2) is 11.8. The van der Waals surface area contributed by atoms with Crippen LogP contribution in [0, 0.1) is 0 Å².